The SMILES string of the molecule is CC[C@H](C)NC(=O)[C@@H](C)N(Cc1cccc(OC)c1)C(=O)CN(c1ccc(Cl)cc1)S(=O)(=O)c1ccc(OC)c(OC)c1. The summed E-state index contributed by atoms with van der Waals surface area (Å²) in [4.78, 5) is 28.6. The molecule has 2 amide bonds. The van der Waals surface area contributed by atoms with Crippen LogP contribution in [0.1, 0.15) is 32.8 Å². The van der Waals surface area contributed by atoms with Gasteiger partial charge in [0.25, 0.3) is 10.0 Å². The van der Waals surface area contributed by atoms with E-state index < -0.39 is 28.5 Å². The lowest BCUT2D eigenvalue weighted by Gasteiger charge is -2.32. The molecule has 0 aliphatic heterocycles. The molecule has 0 heterocycles. The van der Waals surface area contributed by atoms with Crippen LogP contribution in [0.25, 0.3) is 0 Å². The van der Waals surface area contributed by atoms with Crippen LogP contribution in [0.15, 0.2) is 71.6 Å². The summed E-state index contributed by atoms with van der Waals surface area (Å²) in [7, 11) is 0.0605. The van der Waals surface area contributed by atoms with Crippen molar-refractivity contribution in [3.8, 4) is 17.2 Å². The summed E-state index contributed by atoms with van der Waals surface area (Å²) >= 11 is 6.09. The minimum atomic E-state index is -4.32. The molecule has 43 heavy (non-hydrogen) atoms. The normalized spacial score (nSPS) is 12.5. The Labute approximate surface area is 258 Å². The van der Waals surface area contributed by atoms with Crippen molar-refractivity contribution in [1.29, 1.82) is 0 Å². The highest BCUT2D eigenvalue weighted by molar-refractivity contribution is 7.92. The van der Waals surface area contributed by atoms with Crippen molar-refractivity contribution in [2.24, 2.45) is 0 Å². The molecular weight excluding hydrogens is 594 g/mol. The molecule has 0 unspecified atom stereocenters. The van der Waals surface area contributed by atoms with E-state index in [0.717, 1.165) is 4.31 Å². The second-order valence-electron chi connectivity index (χ2n) is 9.87. The molecule has 1 N–H and O–H groups in total. The predicted octanol–water partition coefficient (Wildman–Crippen LogP) is 4.89. The van der Waals surface area contributed by atoms with E-state index >= 15 is 0 Å². The third kappa shape index (κ3) is 8.32. The number of nitrogens with zero attached hydrogens (tertiary/aromatic N) is 2. The number of rotatable bonds is 14. The third-order valence-corrected chi connectivity index (χ3v) is 9.01. The number of anilines is 1. The Bertz CT molecular complexity index is 1520. The van der Waals surface area contributed by atoms with Gasteiger partial charge < -0.3 is 24.4 Å². The zero-order valence-electron chi connectivity index (χ0n) is 25.2. The van der Waals surface area contributed by atoms with Crippen LogP contribution in [0.4, 0.5) is 5.69 Å². The van der Waals surface area contributed by atoms with Crippen molar-refractivity contribution in [3.63, 3.8) is 0 Å². The maximum atomic E-state index is 14.1. The fraction of sp³-hybridized carbons (Fsp3) is 0.355. The Hall–Kier alpha value is -3.96. The van der Waals surface area contributed by atoms with Gasteiger partial charge in [-0.1, -0.05) is 30.7 Å². The number of methoxy groups -OCH3 is 3. The first kappa shape index (κ1) is 33.5. The maximum absolute atomic E-state index is 14.1. The molecule has 0 radical (unpaired) electrons. The van der Waals surface area contributed by atoms with Gasteiger partial charge in [-0.05, 0) is 74.4 Å². The molecule has 0 saturated heterocycles. The number of carbonyl (C=O) groups is 2. The topological polar surface area (TPSA) is 114 Å². The second kappa shape index (κ2) is 15.0. The molecular formula is C31H38ClN3O7S. The molecule has 12 heteroatoms. The molecule has 0 aliphatic rings. The number of amides is 2. The van der Waals surface area contributed by atoms with Crippen LogP contribution in [-0.2, 0) is 26.2 Å². The van der Waals surface area contributed by atoms with E-state index in [0.29, 0.717) is 28.5 Å². The van der Waals surface area contributed by atoms with Gasteiger partial charge in [-0.2, -0.15) is 0 Å². The summed E-state index contributed by atoms with van der Waals surface area (Å²) in [5.74, 6) is 0.197. The second-order valence-corrected chi connectivity index (χ2v) is 12.2. The Morgan fingerprint density at radius 2 is 1.58 bits per heavy atom. The summed E-state index contributed by atoms with van der Waals surface area (Å²) in [6, 6.07) is 16.4. The first-order valence-corrected chi connectivity index (χ1v) is 15.5. The van der Waals surface area contributed by atoms with Gasteiger partial charge in [0, 0.05) is 23.7 Å². The highest BCUT2D eigenvalue weighted by atomic mass is 35.5. The summed E-state index contributed by atoms with van der Waals surface area (Å²) in [5, 5.41) is 3.31. The quantitative estimate of drug-likeness (QED) is 0.269. The van der Waals surface area contributed by atoms with Gasteiger partial charge in [0.1, 0.15) is 18.3 Å². The zero-order chi connectivity index (χ0) is 31.7. The fourth-order valence-corrected chi connectivity index (χ4v) is 5.81. The largest absolute Gasteiger partial charge is 0.497 e. The third-order valence-electron chi connectivity index (χ3n) is 6.99. The lowest BCUT2D eigenvalue weighted by Crippen LogP contribution is -2.52. The number of hydrogen-bond acceptors (Lipinski definition) is 7. The zero-order valence-corrected chi connectivity index (χ0v) is 26.7. The standard InChI is InChI=1S/C31H38ClN3O7S/c1-7-21(2)33-31(37)22(3)34(19-23-9-8-10-26(17-23)40-4)30(36)20-35(25-13-11-24(32)12-14-25)43(38,39)27-15-16-28(41-5)29(18-27)42-6/h8-18,21-22H,7,19-20H2,1-6H3,(H,33,37)/t21-,22+/m0/s1. The minimum absolute atomic E-state index is 0.0377. The molecule has 0 spiro atoms. The molecule has 10 nitrogen and oxygen atoms in total. The van der Waals surface area contributed by atoms with E-state index in [9.17, 15) is 18.0 Å². The summed E-state index contributed by atoms with van der Waals surface area (Å²) < 4.78 is 45.1. The highest BCUT2D eigenvalue weighted by Gasteiger charge is 2.33. The Morgan fingerprint density at radius 3 is 2.19 bits per heavy atom. The van der Waals surface area contributed by atoms with Gasteiger partial charge in [-0.3, -0.25) is 13.9 Å². The molecule has 0 saturated carbocycles. The Balaban J connectivity index is 2.07. The number of nitrogens with one attached hydrogen (secondary N) is 1. The van der Waals surface area contributed by atoms with Crippen molar-refractivity contribution in [2.45, 2.75) is 50.7 Å². The molecule has 0 bridgehead atoms. The number of benzene rings is 3. The first-order chi connectivity index (χ1) is 20.4. The lowest BCUT2D eigenvalue weighted by molar-refractivity contribution is -0.139. The number of carbonyl (C=O) groups excluding carboxylic acids is 2. The Kier molecular flexibility index (Phi) is 11.7. The van der Waals surface area contributed by atoms with E-state index in [-0.39, 0.29) is 34.8 Å². The fourth-order valence-electron chi connectivity index (χ4n) is 4.26. The molecule has 2 atom stereocenters. The maximum Gasteiger partial charge on any atom is 0.264 e. The lowest BCUT2D eigenvalue weighted by atomic mass is 10.1. The molecule has 0 aromatic heterocycles. The Morgan fingerprint density at radius 1 is 0.907 bits per heavy atom. The van der Waals surface area contributed by atoms with Crippen LogP contribution in [0.2, 0.25) is 5.02 Å². The van der Waals surface area contributed by atoms with Gasteiger partial charge in [0.2, 0.25) is 11.8 Å². The van der Waals surface area contributed by atoms with Gasteiger partial charge in [-0.25, -0.2) is 8.42 Å². The van der Waals surface area contributed by atoms with Gasteiger partial charge in [0.15, 0.2) is 11.5 Å². The van der Waals surface area contributed by atoms with Crippen LogP contribution in [0.5, 0.6) is 17.2 Å². The van der Waals surface area contributed by atoms with Gasteiger partial charge >= 0.3 is 0 Å². The van der Waals surface area contributed by atoms with Crippen molar-refractivity contribution < 1.29 is 32.2 Å². The van der Waals surface area contributed by atoms with E-state index in [1.165, 1.54) is 68.7 Å². The first-order valence-electron chi connectivity index (χ1n) is 13.7. The van der Waals surface area contributed by atoms with Crippen molar-refractivity contribution in [2.75, 3.05) is 32.2 Å². The van der Waals surface area contributed by atoms with E-state index in [1.807, 2.05) is 13.8 Å². The van der Waals surface area contributed by atoms with E-state index in [2.05, 4.69) is 5.32 Å². The van der Waals surface area contributed by atoms with Crippen molar-refractivity contribution in [1.82, 2.24) is 10.2 Å². The molecule has 3 rings (SSSR count). The monoisotopic (exact) mass is 631 g/mol. The molecule has 232 valence electrons. The number of sulfonamides is 1. The van der Waals surface area contributed by atoms with Crippen molar-refractivity contribution in [3.05, 3.63) is 77.3 Å². The summed E-state index contributed by atoms with van der Waals surface area (Å²) in [6.07, 6.45) is 0.705. The number of ether oxygens (including phenoxy) is 3. The highest BCUT2D eigenvalue weighted by Crippen LogP contribution is 2.32. The van der Waals surface area contributed by atoms with Crippen LogP contribution >= 0.6 is 11.6 Å². The van der Waals surface area contributed by atoms with E-state index in [4.69, 9.17) is 25.8 Å². The van der Waals surface area contributed by atoms with Crippen LogP contribution < -0.4 is 23.8 Å². The molecule has 3 aromatic rings. The summed E-state index contributed by atoms with van der Waals surface area (Å²) in [6.45, 7) is 4.87. The molecule has 0 fully saturated rings. The average Bonchev–Trinajstić information content (AvgIpc) is 3.01. The average molecular weight is 632 g/mol. The molecule has 0 aliphatic carbocycles. The van der Waals surface area contributed by atoms with Gasteiger partial charge in [0.05, 0.1) is 31.9 Å². The van der Waals surface area contributed by atoms with Crippen molar-refractivity contribution >= 4 is 39.1 Å². The van der Waals surface area contributed by atoms with Crippen LogP contribution in [0, 0.1) is 0 Å². The summed E-state index contributed by atoms with van der Waals surface area (Å²) in [5.41, 5.74) is 0.919. The number of halogens is 1. The smallest absolute Gasteiger partial charge is 0.264 e. The molecule has 3 aromatic carbocycles. The number of hydrogen-bond donors (Lipinski definition) is 1. The van der Waals surface area contributed by atoms with Gasteiger partial charge in [-0.15, -0.1) is 0 Å². The van der Waals surface area contributed by atoms with Crippen LogP contribution in [0.3, 0.4) is 0 Å². The minimum Gasteiger partial charge on any atom is -0.497 e. The predicted molar refractivity (Wildman–Crippen MR) is 166 cm³/mol. The van der Waals surface area contributed by atoms with E-state index in [1.54, 1.807) is 31.2 Å². The van der Waals surface area contributed by atoms with Crippen LogP contribution in [-0.4, -0.2) is 65.1 Å².